The number of methoxy groups -OCH3 is 2. The van der Waals surface area contributed by atoms with Gasteiger partial charge in [-0.25, -0.2) is 9.78 Å². The monoisotopic (exact) mass is 535 g/mol. The van der Waals surface area contributed by atoms with Gasteiger partial charge in [0.2, 0.25) is 0 Å². The van der Waals surface area contributed by atoms with Crippen LogP contribution in [-0.2, 0) is 9.53 Å². The summed E-state index contributed by atoms with van der Waals surface area (Å²) < 4.78 is 17.7. The molecule has 0 aliphatic heterocycles. The molecule has 0 fully saturated rings. The van der Waals surface area contributed by atoms with Gasteiger partial charge < -0.3 is 14.2 Å². The zero-order valence-corrected chi connectivity index (χ0v) is 21.1. The Labute approximate surface area is 204 Å². The molecule has 3 aromatic rings. The molecule has 174 valence electrons. The molecule has 0 radical (unpaired) electrons. The highest BCUT2D eigenvalue weighted by Crippen LogP contribution is 2.37. The number of carbonyl (C=O) groups is 1. The van der Waals surface area contributed by atoms with Gasteiger partial charge in [0, 0.05) is 10.4 Å². The number of halogens is 2. The zero-order valence-electron chi connectivity index (χ0n) is 18.8. The summed E-state index contributed by atoms with van der Waals surface area (Å²) in [5.74, 6) is 0.436. The van der Waals surface area contributed by atoms with E-state index in [4.69, 9.17) is 21.1 Å². The molecule has 0 saturated heterocycles. The molecule has 0 spiro atoms. The highest BCUT2D eigenvalue weighted by Gasteiger charge is 2.20. The van der Waals surface area contributed by atoms with Crippen LogP contribution >= 0.6 is 27.5 Å². The summed E-state index contributed by atoms with van der Waals surface area (Å²) >= 11 is 9.78. The van der Waals surface area contributed by atoms with Gasteiger partial charge in [0.15, 0.2) is 17.6 Å². The first-order valence-electron chi connectivity index (χ1n) is 10.0. The van der Waals surface area contributed by atoms with Crippen LogP contribution in [0.5, 0.6) is 11.5 Å². The van der Waals surface area contributed by atoms with E-state index in [0.717, 1.165) is 4.47 Å². The second-order valence-electron chi connectivity index (χ2n) is 7.47. The SMILES string of the molecule is COC(=O)[C@@H](C)Oc1c(Cl)cc(C=Nn2c(C(C)C)nc3ccc(Br)cc3c2=O)cc1OC. The van der Waals surface area contributed by atoms with E-state index in [9.17, 15) is 9.59 Å². The van der Waals surface area contributed by atoms with Gasteiger partial charge in [0.1, 0.15) is 5.82 Å². The van der Waals surface area contributed by atoms with Crippen molar-refractivity contribution in [1.29, 1.82) is 0 Å². The normalized spacial score (nSPS) is 12.4. The van der Waals surface area contributed by atoms with E-state index in [0.29, 0.717) is 28.0 Å². The molecule has 33 heavy (non-hydrogen) atoms. The Morgan fingerprint density at radius 3 is 2.58 bits per heavy atom. The predicted octanol–water partition coefficient (Wildman–Crippen LogP) is 4.77. The molecule has 1 atom stereocenters. The number of benzene rings is 2. The lowest BCUT2D eigenvalue weighted by atomic mass is 10.2. The van der Waals surface area contributed by atoms with Gasteiger partial charge in [0.25, 0.3) is 5.56 Å². The number of nitrogens with zero attached hydrogens (tertiary/aromatic N) is 3. The standard InChI is InChI=1S/C23H23BrClN3O5/c1-12(2)21-27-18-7-6-15(24)10-16(18)22(29)28(21)26-11-14-8-17(25)20(19(9-14)31-4)33-13(3)23(30)32-5/h6-13H,1-5H3/t13-/m1/s1. The summed E-state index contributed by atoms with van der Waals surface area (Å²) in [5, 5.41) is 5.06. The molecule has 0 bridgehead atoms. The van der Waals surface area contributed by atoms with Gasteiger partial charge in [-0.3, -0.25) is 4.79 Å². The summed E-state index contributed by atoms with van der Waals surface area (Å²) in [6.45, 7) is 5.42. The molecule has 1 heterocycles. The van der Waals surface area contributed by atoms with Crippen molar-refractivity contribution in [2.75, 3.05) is 14.2 Å². The summed E-state index contributed by atoms with van der Waals surface area (Å²) in [5.41, 5.74) is 0.876. The maximum atomic E-state index is 13.2. The van der Waals surface area contributed by atoms with E-state index >= 15 is 0 Å². The van der Waals surface area contributed by atoms with Crippen molar-refractivity contribution in [1.82, 2.24) is 9.66 Å². The molecule has 0 amide bonds. The fourth-order valence-corrected chi connectivity index (χ4v) is 3.72. The molecule has 0 N–H and O–H groups in total. The smallest absolute Gasteiger partial charge is 0.346 e. The Balaban J connectivity index is 2.05. The fourth-order valence-electron chi connectivity index (χ4n) is 3.10. The first-order chi connectivity index (χ1) is 15.7. The number of hydrogen-bond donors (Lipinski definition) is 0. The third kappa shape index (κ3) is 5.36. The van der Waals surface area contributed by atoms with Crippen LogP contribution in [0, 0.1) is 0 Å². The van der Waals surface area contributed by atoms with Crippen molar-refractivity contribution in [2.24, 2.45) is 5.10 Å². The van der Waals surface area contributed by atoms with Crippen LogP contribution in [0.2, 0.25) is 5.02 Å². The largest absolute Gasteiger partial charge is 0.493 e. The van der Waals surface area contributed by atoms with Crippen molar-refractivity contribution in [2.45, 2.75) is 32.8 Å². The molecule has 1 aromatic heterocycles. The minimum Gasteiger partial charge on any atom is -0.493 e. The summed E-state index contributed by atoms with van der Waals surface area (Å²) in [7, 11) is 2.73. The van der Waals surface area contributed by atoms with E-state index in [-0.39, 0.29) is 22.2 Å². The summed E-state index contributed by atoms with van der Waals surface area (Å²) in [6.07, 6.45) is 0.608. The number of aromatic nitrogens is 2. The van der Waals surface area contributed by atoms with Gasteiger partial charge >= 0.3 is 5.97 Å². The van der Waals surface area contributed by atoms with Gasteiger partial charge in [-0.05, 0) is 42.8 Å². The average molecular weight is 537 g/mol. The lowest BCUT2D eigenvalue weighted by Gasteiger charge is -2.17. The fraction of sp³-hybridized carbons (Fsp3) is 0.304. The number of rotatable bonds is 7. The highest BCUT2D eigenvalue weighted by atomic mass is 79.9. The highest BCUT2D eigenvalue weighted by molar-refractivity contribution is 9.10. The van der Waals surface area contributed by atoms with Crippen LogP contribution in [0.3, 0.4) is 0 Å². The van der Waals surface area contributed by atoms with Gasteiger partial charge in [0.05, 0.1) is 36.4 Å². The van der Waals surface area contributed by atoms with Crippen LogP contribution in [0.1, 0.15) is 38.1 Å². The Bertz CT molecular complexity index is 1290. The molecule has 0 aliphatic carbocycles. The maximum absolute atomic E-state index is 13.2. The molecular weight excluding hydrogens is 514 g/mol. The lowest BCUT2D eigenvalue weighted by Crippen LogP contribution is -2.25. The molecule has 2 aromatic carbocycles. The van der Waals surface area contributed by atoms with Gasteiger partial charge in [-0.1, -0.05) is 41.4 Å². The number of hydrogen-bond acceptors (Lipinski definition) is 7. The van der Waals surface area contributed by atoms with E-state index < -0.39 is 12.1 Å². The quantitative estimate of drug-likeness (QED) is 0.319. The van der Waals surface area contributed by atoms with Crippen LogP contribution < -0.4 is 15.0 Å². The first kappa shape index (κ1) is 24.7. The minimum atomic E-state index is -0.879. The number of ether oxygens (including phenoxy) is 3. The summed E-state index contributed by atoms with van der Waals surface area (Å²) in [4.78, 5) is 29.5. The van der Waals surface area contributed by atoms with E-state index in [1.165, 1.54) is 25.1 Å². The van der Waals surface area contributed by atoms with Crippen molar-refractivity contribution < 1.29 is 19.0 Å². The first-order valence-corrected chi connectivity index (χ1v) is 11.2. The number of esters is 1. The van der Waals surface area contributed by atoms with Crippen LogP contribution in [-0.4, -0.2) is 42.2 Å². The Morgan fingerprint density at radius 1 is 1.21 bits per heavy atom. The van der Waals surface area contributed by atoms with E-state index in [1.54, 1.807) is 31.2 Å². The molecule has 0 unspecified atom stereocenters. The van der Waals surface area contributed by atoms with E-state index in [2.05, 4.69) is 30.8 Å². The van der Waals surface area contributed by atoms with Crippen molar-refractivity contribution in [3.8, 4) is 11.5 Å². The third-order valence-electron chi connectivity index (χ3n) is 4.75. The third-order valence-corrected chi connectivity index (χ3v) is 5.53. The number of fused-ring (bicyclic) bond motifs is 1. The van der Waals surface area contributed by atoms with E-state index in [1.807, 2.05) is 19.9 Å². The second-order valence-corrected chi connectivity index (χ2v) is 8.79. The molecule has 0 aliphatic rings. The van der Waals surface area contributed by atoms with Crippen molar-refractivity contribution in [3.05, 3.63) is 61.6 Å². The van der Waals surface area contributed by atoms with Gasteiger partial charge in [-0.15, -0.1) is 0 Å². The Hall–Kier alpha value is -2.91. The Kier molecular flexibility index (Phi) is 7.76. The lowest BCUT2D eigenvalue weighted by molar-refractivity contribution is -0.147. The molecule has 0 saturated carbocycles. The molecular formula is C23H23BrClN3O5. The zero-order chi connectivity index (χ0) is 24.3. The summed E-state index contributed by atoms with van der Waals surface area (Å²) in [6, 6.07) is 8.58. The van der Waals surface area contributed by atoms with Crippen LogP contribution in [0.25, 0.3) is 10.9 Å². The Morgan fingerprint density at radius 2 is 1.94 bits per heavy atom. The molecule has 8 nitrogen and oxygen atoms in total. The topological polar surface area (TPSA) is 92.0 Å². The van der Waals surface area contributed by atoms with Crippen molar-refractivity contribution >= 4 is 50.6 Å². The van der Waals surface area contributed by atoms with Gasteiger partial charge in [-0.2, -0.15) is 9.78 Å². The predicted molar refractivity (Wildman–Crippen MR) is 131 cm³/mol. The second kappa shape index (κ2) is 10.4. The minimum absolute atomic E-state index is 0.0448. The van der Waals surface area contributed by atoms with Crippen LogP contribution in [0.4, 0.5) is 0 Å². The molecule has 3 rings (SSSR count). The van der Waals surface area contributed by atoms with Crippen LogP contribution in [0.15, 0.2) is 44.7 Å². The van der Waals surface area contributed by atoms with Crippen molar-refractivity contribution in [3.63, 3.8) is 0 Å². The maximum Gasteiger partial charge on any atom is 0.346 e. The average Bonchev–Trinajstić information content (AvgIpc) is 2.79. The number of carbonyl (C=O) groups excluding carboxylic acids is 1. The molecule has 10 heteroatoms.